The van der Waals surface area contributed by atoms with Gasteiger partial charge in [0.1, 0.15) is 5.70 Å². The lowest BCUT2D eigenvalue weighted by Gasteiger charge is -2.50. The quantitative estimate of drug-likeness (QED) is 0.612. The minimum atomic E-state index is -0.583. The van der Waals surface area contributed by atoms with Crippen molar-refractivity contribution in [2.75, 3.05) is 20.8 Å². The molecule has 0 aliphatic carbocycles. The second-order valence-electron chi connectivity index (χ2n) is 6.07. The molecule has 2 aromatic carbocycles. The average Bonchev–Trinajstić information content (AvgIpc) is 2.67. The van der Waals surface area contributed by atoms with Crippen LogP contribution < -0.4 is 0 Å². The Bertz CT molecular complexity index is 801. The first kappa shape index (κ1) is 17.7. The summed E-state index contributed by atoms with van der Waals surface area (Å²) in [5, 5.41) is 0. The van der Waals surface area contributed by atoms with Gasteiger partial charge in [0.05, 0.1) is 26.3 Å². The Morgan fingerprint density at radius 3 is 2.04 bits per heavy atom. The molecule has 0 radical (unpaired) electrons. The summed E-state index contributed by atoms with van der Waals surface area (Å²) in [5.41, 5.74) is 2.48. The van der Waals surface area contributed by atoms with E-state index in [4.69, 9.17) is 9.47 Å². The molecule has 26 heavy (non-hydrogen) atoms. The standard InChI is InChI=1S/C21H21NO4/c1-25-19(23)13-18(21(24)26-2)22-14-17(15-9-5-3-6-10-15)20(22)16-11-7-4-8-12-16/h3-13,17,20H,14H2,1-2H3/b18-13+/t17-,20+/m0/s1. The molecule has 0 N–H and O–H groups in total. The molecule has 2 atom stereocenters. The number of nitrogens with zero attached hydrogens (tertiary/aromatic N) is 1. The van der Waals surface area contributed by atoms with Gasteiger partial charge >= 0.3 is 11.9 Å². The number of ether oxygens (including phenoxy) is 2. The van der Waals surface area contributed by atoms with Crippen LogP contribution in [0.4, 0.5) is 0 Å². The molecule has 3 rings (SSSR count). The molecule has 1 aliphatic heterocycles. The first-order chi connectivity index (χ1) is 12.7. The maximum atomic E-state index is 12.3. The number of esters is 2. The fourth-order valence-electron chi connectivity index (χ4n) is 3.34. The van der Waals surface area contributed by atoms with Gasteiger partial charge in [-0.1, -0.05) is 60.7 Å². The second kappa shape index (κ2) is 7.87. The van der Waals surface area contributed by atoms with Gasteiger partial charge in [-0.2, -0.15) is 0 Å². The number of carbonyl (C=O) groups is 2. The number of benzene rings is 2. The zero-order valence-electron chi connectivity index (χ0n) is 14.8. The van der Waals surface area contributed by atoms with E-state index in [-0.39, 0.29) is 17.7 Å². The minimum Gasteiger partial charge on any atom is -0.466 e. The van der Waals surface area contributed by atoms with Gasteiger partial charge in [0, 0.05) is 12.5 Å². The van der Waals surface area contributed by atoms with Gasteiger partial charge in [-0.15, -0.1) is 0 Å². The van der Waals surface area contributed by atoms with Crippen LogP contribution in [0.1, 0.15) is 23.1 Å². The van der Waals surface area contributed by atoms with E-state index in [1.165, 1.54) is 25.9 Å². The van der Waals surface area contributed by atoms with Crippen LogP contribution in [-0.4, -0.2) is 37.6 Å². The lowest BCUT2D eigenvalue weighted by atomic mass is 9.78. The third-order valence-corrected chi connectivity index (χ3v) is 4.64. The van der Waals surface area contributed by atoms with Gasteiger partial charge in [-0.3, -0.25) is 0 Å². The van der Waals surface area contributed by atoms with E-state index < -0.39 is 11.9 Å². The van der Waals surface area contributed by atoms with Crippen molar-refractivity contribution >= 4 is 11.9 Å². The summed E-state index contributed by atoms with van der Waals surface area (Å²) in [5.74, 6) is -0.924. The van der Waals surface area contributed by atoms with E-state index in [9.17, 15) is 9.59 Å². The molecule has 0 bridgehead atoms. The first-order valence-electron chi connectivity index (χ1n) is 8.40. The molecular weight excluding hydrogens is 330 g/mol. The largest absolute Gasteiger partial charge is 0.466 e. The summed E-state index contributed by atoms with van der Waals surface area (Å²) in [6.07, 6.45) is 1.20. The van der Waals surface area contributed by atoms with Gasteiger partial charge in [-0.25, -0.2) is 9.59 Å². The third kappa shape index (κ3) is 3.47. The van der Waals surface area contributed by atoms with Crippen LogP contribution in [-0.2, 0) is 19.1 Å². The Kier molecular flexibility index (Phi) is 5.37. The molecule has 0 amide bonds. The van der Waals surface area contributed by atoms with Crippen molar-refractivity contribution < 1.29 is 19.1 Å². The van der Waals surface area contributed by atoms with E-state index in [0.29, 0.717) is 6.54 Å². The first-order valence-corrected chi connectivity index (χ1v) is 8.40. The molecule has 1 heterocycles. The summed E-state index contributed by atoms with van der Waals surface area (Å²) in [6, 6.07) is 20.0. The lowest BCUT2D eigenvalue weighted by molar-refractivity contribution is -0.141. The van der Waals surface area contributed by atoms with Crippen molar-refractivity contribution in [3.8, 4) is 0 Å². The number of likely N-dealkylation sites (tertiary alicyclic amines) is 1. The molecule has 134 valence electrons. The molecule has 1 fully saturated rings. The maximum absolute atomic E-state index is 12.3. The van der Waals surface area contributed by atoms with Gasteiger partial charge < -0.3 is 14.4 Å². The summed E-state index contributed by atoms with van der Waals surface area (Å²) < 4.78 is 9.58. The Balaban J connectivity index is 1.99. The molecule has 0 unspecified atom stereocenters. The molecule has 1 aliphatic rings. The molecule has 0 saturated carbocycles. The van der Waals surface area contributed by atoms with Crippen molar-refractivity contribution in [3.05, 3.63) is 83.6 Å². The van der Waals surface area contributed by atoms with Crippen LogP contribution in [0.25, 0.3) is 0 Å². The Morgan fingerprint density at radius 1 is 0.923 bits per heavy atom. The van der Waals surface area contributed by atoms with Crippen molar-refractivity contribution in [1.82, 2.24) is 4.90 Å². The molecule has 2 aromatic rings. The summed E-state index contributed by atoms with van der Waals surface area (Å²) in [4.78, 5) is 25.9. The van der Waals surface area contributed by atoms with Crippen LogP contribution in [0.3, 0.4) is 0 Å². The van der Waals surface area contributed by atoms with Gasteiger partial charge in [0.25, 0.3) is 0 Å². The Morgan fingerprint density at radius 2 is 1.50 bits per heavy atom. The molecule has 5 nitrogen and oxygen atoms in total. The van der Waals surface area contributed by atoms with Crippen LogP contribution >= 0.6 is 0 Å². The van der Waals surface area contributed by atoms with Crippen molar-refractivity contribution in [2.24, 2.45) is 0 Å². The van der Waals surface area contributed by atoms with Crippen molar-refractivity contribution in [3.63, 3.8) is 0 Å². The van der Waals surface area contributed by atoms with E-state index in [2.05, 4.69) is 12.1 Å². The van der Waals surface area contributed by atoms with Crippen LogP contribution in [0.2, 0.25) is 0 Å². The predicted molar refractivity (Wildman–Crippen MR) is 97.2 cm³/mol. The molecular formula is C21H21NO4. The number of hydrogen-bond donors (Lipinski definition) is 0. The van der Waals surface area contributed by atoms with Crippen LogP contribution in [0.15, 0.2) is 72.4 Å². The van der Waals surface area contributed by atoms with Crippen molar-refractivity contribution in [1.29, 1.82) is 0 Å². The molecule has 0 spiro atoms. The van der Waals surface area contributed by atoms with E-state index in [0.717, 1.165) is 5.56 Å². The van der Waals surface area contributed by atoms with Gasteiger partial charge in [0.15, 0.2) is 0 Å². The smallest absolute Gasteiger partial charge is 0.354 e. The Labute approximate surface area is 152 Å². The zero-order valence-corrected chi connectivity index (χ0v) is 14.8. The van der Waals surface area contributed by atoms with Crippen molar-refractivity contribution in [2.45, 2.75) is 12.0 Å². The number of carbonyl (C=O) groups excluding carboxylic acids is 2. The van der Waals surface area contributed by atoms with Gasteiger partial charge in [-0.05, 0) is 11.1 Å². The zero-order chi connectivity index (χ0) is 18.5. The van der Waals surface area contributed by atoms with Crippen LogP contribution in [0.5, 0.6) is 0 Å². The number of methoxy groups -OCH3 is 2. The Hall–Kier alpha value is -3.08. The monoisotopic (exact) mass is 351 g/mol. The highest BCUT2D eigenvalue weighted by Gasteiger charge is 2.43. The van der Waals surface area contributed by atoms with E-state index in [1.54, 1.807) is 0 Å². The highest BCUT2D eigenvalue weighted by molar-refractivity contribution is 5.96. The highest BCUT2D eigenvalue weighted by atomic mass is 16.5. The highest BCUT2D eigenvalue weighted by Crippen LogP contribution is 2.47. The summed E-state index contributed by atoms with van der Waals surface area (Å²) >= 11 is 0. The lowest BCUT2D eigenvalue weighted by Crippen LogP contribution is -2.49. The SMILES string of the molecule is COC(=O)/C=C(\C(=O)OC)N1C[C@@H](c2ccccc2)[C@H]1c1ccccc1. The minimum absolute atomic E-state index is 0.0615. The topological polar surface area (TPSA) is 55.8 Å². The number of rotatable bonds is 5. The van der Waals surface area contributed by atoms with Gasteiger partial charge in [0.2, 0.25) is 0 Å². The number of hydrogen-bond acceptors (Lipinski definition) is 5. The molecule has 1 saturated heterocycles. The third-order valence-electron chi connectivity index (χ3n) is 4.64. The van der Waals surface area contributed by atoms with Crippen LogP contribution in [0, 0.1) is 0 Å². The maximum Gasteiger partial charge on any atom is 0.354 e. The molecule has 5 heteroatoms. The fourth-order valence-corrected chi connectivity index (χ4v) is 3.34. The van der Waals surface area contributed by atoms with E-state index in [1.807, 2.05) is 53.4 Å². The average molecular weight is 351 g/mol. The summed E-state index contributed by atoms with van der Waals surface area (Å²) in [6.45, 7) is 0.613. The summed E-state index contributed by atoms with van der Waals surface area (Å²) in [7, 11) is 2.59. The second-order valence-corrected chi connectivity index (χ2v) is 6.07. The normalized spacial score (nSPS) is 19.5. The van der Waals surface area contributed by atoms with E-state index >= 15 is 0 Å². The predicted octanol–water partition coefficient (Wildman–Crippen LogP) is 3.06. The fraction of sp³-hybridized carbons (Fsp3) is 0.238. The molecule has 0 aromatic heterocycles.